The predicted molar refractivity (Wildman–Crippen MR) is 196 cm³/mol. The lowest BCUT2D eigenvalue weighted by atomic mass is 9.93. The van der Waals surface area contributed by atoms with Crippen molar-refractivity contribution in [3.8, 4) is 0 Å². The van der Waals surface area contributed by atoms with E-state index in [2.05, 4.69) is 62.1 Å². The number of primary amides is 1. The summed E-state index contributed by atoms with van der Waals surface area (Å²) >= 11 is 0. The second kappa shape index (κ2) is 16.1. The molecule has 0 saturated carbocycles. The summed E-state index contributed by atoms with van der Waals surface area (Å²) in [7, 11) is 0. The van der Waals surface area contributed by atoms with Crippen molar-refractivity contribution in [1.29, 1.82) is 0 Å². The van der Waals surface area contributed by atoms with E-state index in [0.29, 0.717) is 18.5 Å². The van der Waals surface area contributed by atoms with Gasteiger partial charge in [-0.3, -0.25) is 29.0 Å². The quantitative estimate of drug-likeness (QED) is 0.170. The number of rotatable bonds is 13. The van der Waals surface area contributed by atoms with Gasteiger partial charge in [0, 0.05) is 38.2 Å². The van der Waals surface area contributed by atoms with E-state index < -0.39 is 35.5 Å². The molecule has 6 rings (SSSR count). The van der Waals surface area contributed by atoms with Crippen molar-refractivity contribution in [3.63, 3.8) is 0 Å². The number of piperidine rings is 1. The molecule has 0 aliphatic carbocycles. The molecular formula is C41H46N6O4. The van der Waals surface area contributed by atoms with Gasteiger partial charge >= 0.3 is 0 Å². The molecule has 2 heterocycles. The maximum absolute atomic E-state index is 13.7. The van der Waals surface area contributed by atoms with E-state index in [-0.39, 0.29) is 18.4 Å². The molecule has 2 aliphatic rings. The average molecular weight is 687 g/mol. The van der Waals surface area contributed by atoms with Crippen LogP contribution >= 0.6 is 0 Å². The molecule has 4 aromatic rings. The van der Waals surface area contributed by atoms with E-state index in [1.165, 1.54) is 12.5 Å². The Kier molecular flexibility index (Phi) is 11.2. The fourth-order valence-corrected chi connectivity index (χ4v) is 7.10. The van der Waals surface area contributed by atoms with Crippen LogP contribution in [0.25, 0.3) is 0 Å². The maximum Gasteiger partial charge on any atom is 0.251 e. The van der Waals surface area contributed by atoms with Crippen LogP contribution in [0, 0.1) is 0 Å². The van der Waals surface area contributed by atoms with Crippen LogP contribution in [0.15, 0.2) is 115 Å². The maximum atomic E-state index is 13.7. The molecule has 264 valence electrons. The van der Waals surface area contributed by atoms with Crippen LogP contribution in [-0.4, -0.2) is 70.3 Å². The first-order chi connectivity index (χ1) is 24.7. The van der Waals surface area contributed by atoms with Gasteiger partial charge in [0.1, 0.15) is 12.1 Å². The minimum atomic E-state index is -0.922. The standard InChI is InChI=1S/C41H46N6O4/c1-29(37(42)48)43-39(50)35(25-30-11-5-2-6-12-30)44-38(49)34-19-17-33(18-20-34)28-47-36(26-31-13-7-3-8-14-31)40(51)45-41(47)21-23-46(24-22-41)27-32-15-9-4-10-16-32/h2-20,29,35-36H,21-28H2,1H3,(H2,42,48)(H,43,50)(H,44,49)(H,45,51)/t29-,35-,36-/m0/s1. The van der Waals surface area contributed by atoms with Crippen LogP contribution in [0.1, 0.15) is 52.4 Å². The van der Waals surface area contributed by atoms with Crippen molar-refractivity contribution in [1.82, 2.24) is 25.8 Å². The number of nitrogens with two attached hydrogens (primary N) is 1. The molecule has 3 atom stereocenters. The molecule has 2 aliphatic heterocycles. The van der Waals surface area contributed by atoms with Gasteiger partial charge in [0.05, 0.1) is 11.7 Å². The van der Waals surface area contributed by atoms with Crippen LogP contribution in [0.2, 0.25) is 0 Å². The Labute approximate surface area is 299 Å². The fourth-order valence-electron chi connectivity index (χ4n) is 7.10. The molecule has 0 unspecified atom stereocenters. The fraction of sp³-hybridized carbons (Fsp3) is 0.317. The monoisotopic (exact) mass is 686 g/mol. The number of amides is 4. The number of nitrogens with one attached hydrogen (secondary N) is 3. The van der Waals surface area contributed by atoms with Crippen LogP contribution in [-0.2, 0) is 40.3 Å². The number of nitrogens with zero attached hydrogens (tertiary/aromatic N) is 2. The van der Waals surface area contributed by atoms with E-state index in [4.69, 9.17) is 5.73 Å². The van der Waals surface area contributed by atoms with Gasteiger partial charge < -0.3 is 21.7 Å². The molecule has 10 heteroatoms. The highest BCUT2D eigenvalue weighted by Gasteiger charge is 2.51. The zero-order valence-electron chi connectivity index (χ0n) is 29.0. The van der Waals surface area contributed by atoms with Gasteiger partial charge in [-0.25, -0.2) is 0 Å². The molecular weight excluding hydrogens is 640 g/mol. The Balaban J connectivity index is 1.17. The molecule has 0 radical (unpaired) electrons. The number of hydrogen-bond donors (Lipinski definition) is 4. The van der Waals surface area contributed by atoms with Gasteiger partial charge in [0.2, 0.25) is 17.7 Å². The number of hydrogen-bond acceptors (Lipinski definition) is 6. The Hall–Kier alpha value is -5.32. The van der Waals surface area contributed by atoms with Gasteiger partial charge in [0.25, 0.3) is 5.91 Å². The Morgan fingerprint density at radius 1 is 0.765 bits per heavy atom. The highest BCUT2D eigenvalue weighted by Crippen LogP contribution is 2.36. The van der Waals surface area contributed by atoms with Gasteiger partial charge in [-0.15, -0.1) is 0 Å². The summed E-state index contributed by atoms with van der Waals surface area (Å²) < 4.78 is 0. The van der Waals surface area contributed by atoms with E-state index in [9.17, 15) is 19.2 Å². The van der Waals surface area contributed by atoms with Crippen LogP contribution in [0.4, 0.5) is 0 Å². The Bertz CT molecular complexity index is 1790. The van der Waals surface area contributed by atoms with E-state index in [1.807, 2.05) is 66.7 Å². The molecule has 10 nitrogen and oxygen atoms in total. The zero-order chi connectivity index (χ0) is 35.8. The molecule has 4 aromatic carbocycles. The highest BCUT2D eigenvalue weighted by atomic mass is 16.2. The van der Waals surface area contributed by atoms with Crippen LogP contribution < -0.4 is 21.7 Å². The number of carbonyl (C=O) groups excluding carboxylic acids is 4. The summed E-state index contributed by atoms with van der Waals surface area (Å²) in [6.07, 6.45) is 2.45. The first kappa shape index (κ1) is 35.5. The SMILES string of the molecule is C[C@H](NC(=O)[C@H](Cc1ccccc1)NC(=O)c1ccc(CN2[C@@H](Cc3ccccc3)C(=O)NC23CCN(Cc2ccccc2)CC3)cc1)C(N)=O. The first-order valence-corrected chi connectivity index (χ1v) is 17.6. The number of likely N-dealkylation sites (tertiary alicyclic amines) is 1. The Morgan fingerprint density at radius 2 is 1.31 bits per heavy atom. The van der Waals surface area contributed by atoms with Gasteiger partial charge in [-0.2, -0.15) is 0 Å². The van der Waals surface area contributed by atoms with Crippen molar-refractivity contribution < 1.29 is 19.2 Å². The first-order valence-electron chi connectivity index (χ1n) is 17.6. The molecule has 0 aromatic heterocycles. The largest absolute Gasteiger partial charge is 0.368 e. The lowest BCUT2D eigenvalue weighted by Crippen LogP contribution is -2.58. The highest BCUT2D eigenvalue weighted by molar-refractivity contribution is 5.98. The van der Waals surface area contributed by atoms with Gasteiger partial charge in [0.15, 0.2) is 0 Å². The van der Waals surface area contributed by atoms with Gasteiger partial charge in [-0.1, -0.05) is 103 Å². The zero-order valence-corrected chi connectivity index (χ0v) is 29.0. The molecule has 2 saturated heterocycles. The molecule has 2 fully saturated rings. The molecule has 51 heavy (non-hydrogen) atoms. The third-order valence-corrected chi connectivity index (χ3v) is 10.0. The minimum absolute atomic E-state index is 0.0414. The van der Waals surface area contributed by atoms with E-state index in [1.54, 1.807) is 12.1 Å². The second-order valence-electron chi connectivity index (χ2n) is 13.7. The smallest absolute Gasteiger partial charge is 0.251 e. The van der Waals surface area contributed by atoms with Crippen molar-refractivity contribution in [3.05, 3.63) is 143 Å². The summed E-state index contributed by atoms with van der Waals surface area (Å²) in [5.74, 6) is -1.53. The summed E-state index contributed by atoms with van der Waals surface area (Å²) in [6.45, 7) is 4.63. The minimum Gasteiger partial charge on any atom is -0.368 e. The van der Waals surface area contributed by atoms with Crippen molar-refractivity contribution in [2.75, 3.05) is 13.1 Å². The normalized spacial score (nSPS) is 18.5. The lowest BCUT2D eigenvalue weighted by Gasteiger charge is -2.45. The third kappa shape index (κ3) is 8.89. The number of carbonyl (C=O) groups is 4. The summed E-state index contributed by atoms with van der Waals surface area (Å²) in [4.78, 5) is 56.7. The molecule has 0 bridgehead atoms. The third-order valence-electron chi connectivity index (χ3n) is 10.0. The predicted octanol–water partition coefficient (Wildman–Crippen LogP) is 3.55. The van der Waals surface area contributed by atoms with Crippen molar-refractivity contribution in [2.24, 2.45) is 5.73 Å². The van der Waals surface area contributed by atoms with E-state index in [0.717, 1.165) is 49.2 Å². The summed E-state index contributed by atoms with van der Waals surface area (Å²) in [6, 6.07) is 35.1. The van der Waals surface area contributed by atoms with Crippen LogP contribution in [0.5, 0.6) is 0 Å². The van der Waals surface area contributed by atoms with Crippen molar-refractivity contribution in [2.45, 2.75) is 69.5 Å². The second-order valence-corrected chi connectivity index (χ2v) is 13.7. The van der Waals surface area contributed by atoms with Crippen molar-refractivity contribution >= 4 is 23.6 Å². The summed E-state index contributed by atoms with van der Waals surface area (Å²) in [5, 5.41) is 8.88. The van der Waals surface area contributed by atoms with Crippen LogP contribution in [0.3, 0.4) is 0 Å². The topological polar surface area (TPSA) is 137 Å². The van der Waals surface area contributed by atoms with Gasteiger partial charge in [-0.05, 0) is 60.6 Å². The average Bonchev–Trinajstić information content (AvgIpc) is 3.38. The molecule has 4 amide bonds. The lowest BCUT2D eigenvalue weighted by molar-refractivity contribution is -0.128. The number of benzene rings is 4. The van der Waals surface area contributed by atoms with E-state index >= 15 is 0 Å². The Morgan fingerprint density at radius 3 is 1.90 bits per heavy atom. The summed E-state index contributed by atoms with van der Waals surface area (Å²) in [5.41, 5.74) is 9.51. The molecule has 1 spiro atoms. The molecule has 5 N–H and O–H groups in total.